The van der Waals surface area contributed by atoms with E-state index in [-0.39, 0.29) is 17.8 Å². The summed E-state index contributed by atoms with van der Waals surface area (Å²) in [6, 6.07) is 12.2. The molecule has 1 aliphatic rings. The molecule has 7 heteroatoms. The average molecular weight is 367 g/mol. The first-order chi connectivity index (χ1) is 13.0. The maximum atomic E-state index is 13.2. The Hall–Kier alpha value is -2.93. The minimum Gasteiger partial charge on any atom is -0.349 e. The number of amides is 1. The lowest BCUT2D eigenvalue weighted by atomic mass is 10.1. The average Bonchev–Trinajstić information content (AvgIpc) is 3.25. The Balaban J connectivity index is 1.48. The van der Waals surface area contributed by atoms with Crippen molar-refractivity contribution in [2.75, 3.05) is 18.4 Å². The maximum Gasteiger partial charge on any atom is 0.239 e. The summed E-state index contributed by atoms with van der Waals surface area (Å²) in [7, 11) is 0. The highest BCUT2D eigenvalue weighted by Crippen LogP contribution is 2.25. The van der Waals surface area contributed by atoms with E-state index < -0.39 is 0 Å². The molecule has 1 amide bonds. The van der Waals surface area contributed by atoms with E-state index in [2.05, 4.69) is 39.1 Å². The van der Waals surface area contributed by atoms with Crippen molar-refractivity contribution in [3.8, 4) is 5.69 Å². The molecule has 1 aliphatic heterocycles. The minimum absolute atomic E-state index is 0.0925. The van der Waals surface area contributed by atoms with Crippen LogP contribution in [0.2, 0.25) is 0 Å². The zero-order chi connectivity index (χ0) is 19.0. The molecule has 0 radical (unpaired) electrons. The van der Waals surface area contributed by atoms with Crippen LogP contribution in [0.25, 0.3) is 5.69 Å². The molecular formula is C20H22FN5O. The molecule has 2 aromatic heterocycles. The van der Waals surface area contributed by atoms with Crippen LogP contribution in [0.15, 0.2) is 48.7 Å². The van der Waals surface area contributed by atoms with Gasteiger partial charge in [0.25, 0.3) is 0 Å². The summed E-state index contributed by atoms with van der Waals surface area (Å²) in [5.74, 6) is 0.180. The number of halogens is 1. The zero-order valence-corrected chi connectivity index (χ0v) is 15.4. The first kappa shape index (κ1) is 17.5. The predicted molar refractivity (Wildman–Crippen MR) is 101 cm³/mol. The Morgan fingerprint density at radius 1 is 1.26 bits per heavy atom. The van der Waals surface area contributed by atoms with Gasteiger partial charge < -0.3 is 9.88 Å². The second-order valence-corrected chi connectivity index (χ2v) is 6.88. The molecule has 3 aromatic rings. The molecule has 1 N–H and O–H groups in total. The summed E-state index contributed by atoms with van der Waals surface area (Å²) in [5.41, 5.74) is 2.70. The van der Waals surface area contributed by atoms with E-state index >= 15 is 0 Å². The van der Waals surface area contributed by atoms with E-state index in [1.54, 1.807) is 16.8 Å². The van der Waals surface area contributed by atoms with E-state index in [1.165, 1.54) is 17.8 Å². The van der Waals surface area contributed by atoms with Crippen LogP contribution in [-0.2, 0) is 11.3 Å². The summed E-state index contributed by atoms with van der Waals surface area (Å²) in [4.78, 5) is 14.8. The lowest BCUT2D eigenvalue weighted by Gasteiger charge is -2.34. The van der Waals surface area contributed by atoms with Gasteiger partial charge in [0.05, 0.1) is 17.9 Å². The van der Waals surface area contributed by atoms with Crippen molar-refractivity contribution in [1.82, 2.24) is 19.2 Å². The van der Waals surface area contributed by atoms with Gasteiger partial charge in [-0.15, -0.1) is 0 Å². The molecule has 0 spiro atoms. The number of benzene rings is 1. The number of carbonyl (C=O) groups excluding carboxylic acids is 1. The number of nitrogens with zero attached hydrogens (tertiary/aromatic N) is 4. The second-order valence-electron chi connectivity index (χ2n) is 6.88. The van der Waals surface area contributed by atoms with E-state index in [0.29, 0.717) is 18.1 Å². The highest BCUT2D eigenvalue weighted by Gasteiger charge is 2.25. The lowest BCUT2D eigenvalue weighted by molar-refractivity contribution is -0.118. The van der Waals surface area contributed by atoms with Crippen LogP contribution in [0.3, 0.4) is 0 Å². The van der Waals surface area contributed by atoms with Crippen molar-refractivity contribution < 1.29 is 9.18 Å². The summed E-state index contributed by atoms with van der Waals surface area (Å²) < 4.78 is 17.0. The third-order valence-electron chi connectivity index (χ3n) is 4.99. The number of rotatable bonds is 4. The third kappa shape index (κ3) is 3.50. The quantitative estimate of drug-likeness (QED) is 0.771. The van der Waals surface area contributed by atoms with Crippen molar-refractivity contribution >= 4 is 11.7 Å². The van der Waals surface area contributed by atoms with Crippen molar-refractivity contribution in [3.05, 3.63) is 65.9 Å². The monoisotopic (exact) mass is 367 g/mol. The van der Waals surface area contributed by atoms with Crippen molar-refractivity contribution in [3.63, 3.8) is 0 Å². The SMILES string of the molecule is Cc1cc(NC(=O)CN2CCn3cccc3[C@@H]2C)n(-c2ccc(F)cc2)n1. The number of fused-ring (bicyclic) bond motifs is 1. The van der Waals surface area contributed by atoms with Gasteiger partial charge in [0.1, 0.15) is 11.6 Å². The van der Waals surface area contributed by atoms with Crippen LogP contribution in [0.5, 0.6) is 0 Å². The van der Waals surface area contributed by atoms with Crippen molar-refractivity contribution in [2.45, 2.75) is 26.4 Å². The van der Waals surface area contributed by atoms with Gasteiger partial charge in [-0.1, -0.05) is 0 Å². The molecule has 6 nitrogen and oxygen atoms in total. The first-order valence-electron chi connectivity index (χ1n) is 9.03. The van der Waals surface area contributed by atoms with Crippen molar-refractivity contribution in [2.24, 2.45) is 0 Å². The molecule has 27 heavy (non-hydrogen) atoms. The molecule has 0 fully saturated rings. The lowest BCUT2D eigenvalue weighted by Crippen LogP contribution is -2.41. The smallest absolute Gasteiger partial charge is 0.239 e. The molecule has 140 valence electrons. The topological polar surface area (TPSA) is 55.1 Å². The highest BCUT2D eigenvalue weighted by atomic mass is 19.1. The Labute approximate surface area is 157 Å². The van der Waals surface area contributed by atoms with Gasteiger partial charge in [0.15, 0.2) is 0 Å². The fourth-order valence-electron chi connectivity index (χ4n) is 3.58. The predicted octanol–water partition coefficient (Wildman–Crippen LogP) is 3.14. The van der Waals surface area contributed by atoms with Gasteiger partial charge in [0.2, 0.25) is 5.91 Å². The number of hydrogen-bond acceptors (Lipinski definition) is 3. The molecule has 0 unspecified atom stereocenters. The molecule has 0 saturated heterocycles. The molecule has 4 rings (SSSR count). The zero-order valence-electron chi connectivity index (χ0n) is 15.4. The Bertz CT molecular complexity index is 959. The Morgan fingerprint density at radius 3 is 2.81 bits per heavy atom. The first-order valence-corrected chi connectivity index (χ1v) is 9.03. The largest absolute Gasteiger partial charge is 0.349 e. The summed E-state index contributed by atoms with van der Waals surface area (Å²) in [5, 5.41) is 7.36. The van der Waals surface area contributed by atoms with Gasteiger partial charge in [-0.2, -0.15) is 5.10 Å². The molecule has 1 aromatic carbocycles. The summed E-state index contributed by atoms with van der Waals surface area (Å²) in [6.07, 6.45) is 2.08. The standard InChI is InChI=1S/C20H22FN5O/c1-14-12-19(26(23-14)17-7-5-16(21)6-8-17)22-20(27)13-25-11-10-24-9-3-4-18(24)15(25)2/h3-9,12,15H,10-11,13H2,1-2H3,(H,22,27)/t15-/m0/s1. The van der Waals surface area contributed by atoms with Gasteiger partial charge in [-0.05, 0) is 50.2 Å². The third-order valence-corrected chi connectivity index (χ3v) is 4.99. The number of hydrogen-bond donors (Lipinski definition) is 1. The molecule has 0 aliphatic carbocycles. The van der Waals surface area contributed by atoms with Crippen LogP contribution in [-0.4, -0.2) is 38.2 Å². The van der Waals surface area contributed by atoms with Crippen molar-refractivity contribution in [1.29, 1.82) is 0 Å². The van der Waals surface area contributed by atoms with Gasteiger partial charge in [0, 0.05) is 37.1 Å². The molecule has 0 saturated carbocycles. The van der Waals surface area contributed by atoms with Crippen LogP contribution < -0.4 is 5.32 Å². The molecule has 0 bridgehead atoms. The van der Waals surface area contributed by atoms with Gasteiger partial charge in [-0.25, -0.2) is 9.07 Å². The number of anilines is 1. The fourth-order valence-corrected chi connectivity index (χ4v) is 3.58. The Morgan fingerprint density at radius 2 is 2.04 bits per heavy atom. The molecule has 3 heterocycles. The van der Waals surface area contributed by atoms with E-state index in [9.17, 15) is 9.18 Å². The molecular weight excluding hydrogens is 345 g/mol. The van der Waals surface area contributed by atoms with Crippen LogP contribution in [0.4, 0.5) is 10.2 Å². The van der Waals surface area contributed by atoms with E-state index in [0.717, 1.165) is 18.8 Å². The number of aromatic nitrogens is 3. The number of carbonyl (C=O) groups is 1. The van der Waals surface area contributed by atoms with Gasteiger partial charge in [-0.3, -0.25) is 9.69 Å². The second kappa shape index (κ2) is 7.00. The number of aryl methyl sites for hydroxylation is 1. The van der Waals surface area contributed by atoms with E-state index in [1.807, 2.05) is 19.1 Å². The fraction of sp³-hybridized carbons (Fsp3) is 0.300. The van der Waals surface area contributed by atoms with E-state index in [4.69, 9.17) is 0 Å². The summed E-state index contributed by atoms with van der Waals surface area (Å²) >= 11 is 0. The normalized spacial score (nSPS) is 16.9. The van der Waals surface area contributed by atoms with Crippen LogP contribution in [0, 0.1) is 12.7 Å². The number of nitrogens with one attached hydrogen (secondary N) is 1. The summed E-state index contributed by atoms with van der Waals surface area (Å²) in [6.45, 7) is 5.99. The maximum absolute atomic E-state index is 13.2. The Kier molecular flexibility index (Phi) is 4.53. The van der Waals surface area contributed by atoms with Crippen LogP contribution in [0.1, 0.15) is 24.4 Å². The molecule has 1 atom stereocenters. The van der Waals surface area contributed by atoms with Crippen LogP contribution >= 0.6 is 0 Å². The van der Waals surface area contributed by atoms with Gasteiger partial charge >= 0.3 is 0 Å². The highest BCUT2D eigenvalue weighted by molar-refractivity contribution is 5.91. The minimum atomic E-state index is -0.308.